The summed E-state index contributed by atoms with van der Waals surface area (Å²) < 4.78 is 13.4. The fraction of sp³-hybridized carbons (Fsp3) is 0.538. The van der Waals surface area contributed by atoms with Gasteiger partial charge in [-0.15, -0.1) is 0 Å². The van der Waals surface area contributed by atoms with Crippen LogP contribution in [0, 0.1) is 21.3 Å². The fourth-order valence-corrected chi connectivity index (χ4v) is 2.56. The minimum Gasteiger partial charge on any atom is -0.396 e. The zero-order valence-electron chi connectivity index (χ0n) is 10.6. The number of anilines is 1. The van der Waals surface area contributed by atoms with Gasteiger partial charge in [-0.2, -0.15) is 4.39 Å². The first kappa shape index (κ1) is 13.7. The molecule has 0 amide bonds. The lowest BCUT2D eigenvalue weighted by Crippen LogP contribution is -2.37. The molecule has 0 aromatic heterocycles. The highest BCUT2D eigenvalue weighted by atomic mass is 19.1. The van der Waals surface area contributed by atoms with Crippen LogP contribution in [0.25, 0.3) is 0 Å². The number of rotatable bonds is 6. The molecule has 1 aliphatic carbocycles. The Bertz CT molecular complexity index is 475. The Hall–Kier alpha value is -1.69. The van der Waals surface area contributed by atoms with Gasteiger partial charge in [0.1, 0.15) is 5.69 Å². The second-order valence-corrected chi connectivity index (χ2v) is 5.07. The molecule has 19 heavy (non-hydrogen) atoms. The van der Waals surface area contributed by atoms with Crippen LogP contribution in [0.3, 0.4) is 0 Å². The number of aliphatic hydroxyl groups is 1. The molecule has 5 nitrogen and oxygen atoms in total. The van der Waals surface area contributed by atoms with Crippen LogP contribution in [-0.2, 0) is 0 Å². The van der Waals surface area contributed by atoms with E-state index in [1.165, 1.54) is 12.1 Å². The number of para-hydroxylation sites is 1. The summed E-state index contributed by atoms with van der Waals surface area (Å²) >= 11 is 0. The van der Waals surface area contributed by atoms with Crippen LogP contribution in [-0.4, -0.2) is 23.2 Å². The Morgan fingerprint density at radius 2 is 2.21 bits per heavy atom. The second-order valence-electron chi connectivity index (χ2n) is 5.07. The summed E-state index contributed by atoms with van der Waals surface area (Å²) in [4.78, 5) is 10.2. The van der Waals surface area contributed by atoms with Gasteiger partial charge in [-0.25, -0.2) is 0 Å². The summed E-state index contributed by atoms with van der Waals surface area (Å²) in [5, 5.41) is 22.9. The number of nitrogens with zero attached hydrogens (tertiary/aromatic N) is 1. The second kappa shape index (κ2) is 5.52. The lowest BCUT2D eigenvalue weighted by molar-refractivity contribution is -0.386. The highest BCUT2D eigenvalue weighted by molar-refractivity contribution is 5.62. The van der Waals surface area contributed by atoms with Gasteiger partial charge in [0.25, 0.3) is 0 Å². The van der Waals surface area contributed by atoms with Crippen molar-refractivity contribution in [1.29, 1.82) is 0 Å². The van der Waals surface area contributed by atoms with Gasteiger partial charge < -0.3 is 10.4 Å². The standard InChI is InChI=1S/C13H17FN2O3/c14-10-3-1-4-11(12(10)16(18)19)15-9-13(7-8-17)5-2-6-13/h1,3-4,15,17H,2,5-9H2. The molecule has 2 rings (SSSR count). The van der Waals surface area contributed by atoms with Crippen LogP contribution < -0.4 is 5.32 Å². The molecule has 1 aromatic carbocycles. The van der Waals surface area contributed by atoms with E-state index in [1.807, 2.05) is 0 Å². The van der Waals surface area contributed by atoms with E-state index in [0.717, 1.165) is 25.3 Å². The average Bonchev–Trinajstić information content (AvgIpc) is 2.32. The third-order valence-electron chi connectivity index (χ3n) is 3.88. The van der Waals surface area contributed by atoms with Crippen molar-refractivity contribution in [3.8, 4) is 0 Å². The van der Waals surface area contributed by atoms with Crippen LogP contribution in [0.2, 0.25) is 0 Å². The Morgan fingerprint density at radius 3 is 2.74 bits per heavy atom. The van der Waals surface area contributed by atoms with Crippen LogP contribution in [0.15, 0.2) is 18.2 Å². The largest absolute Gasteiger partial charge is 0.396 e. The predicted octanol–water partition coefficient (Wildman–Crippen LogP) is 2.70. The van der Waals surface area contributed by atoms with Gasteiger partial charge in [0.15, 0.2) is 0 Å². The Morgan fingerprint density at radius 1 is 1.47 bits per heavy atom. The maximum Gasteiger partial charge on any atom is 0.327 e. The van der Waals surface area contributed by atoms with Crippen LogP contribution in [0.1, 0.15) is 25.7 Å². The number of hydrogen-bond donors (Lipinski definition) is 2. The molecule has 0 saturated heterocycles. The molecule has 0 spiro atoms. The van der Waals surface area contributed by atoms with Gasteiger partial charge >= 0.3 is 5.69 Å². The number of nitro benzene ring substituents is 1. The molecule has 1 fully saturated rings. The number of aliphatic hydroxyl groups excluding tert-OH is 1. The minimum absolute atomic E-state index is 0.00502. The minimum atomic E-state index is -0.834. The first-order chi connectivity index (χ1) is 9.08. The van der Waals surface area contributed by atoms with Gasteiger partial charge in [-0.3, -0.25) is 10.1 Å². The van der Waals surface area contributed by atoms with Gasteiger partial charge in [-0.05, 0) is 36.8 Å². The molecular weight excluding hydrogens is 251 g/mol. The number of hydrogen-bond acceptors (Lipinski definition) is 4. The zero-order valence-corrected chi connectivity index (χ0v) is 10.6. The van der Waals surface area contributed by atoms with Crippen LogP contribution in [0.4, 0.5) is 15.8 Å². The van der Waals surface area contributed by atoms with Crippen molar-refractivity contribution < 1.29 is 14.4 Å². The molecule has 0 unspecified atom stereocenters. The van der Waals surface area contributed by atoms with Crippen molar-refractivity contribution in [2.45, 2.75) is 25.7 Å². The maximum absolute atomic E-state index is 13.4. The highest BCUT2D eigenvalue weighted by Gasteiger charge is 2.36. The van der Waals surface area contributed by atoms with Gasteiger partial charge in [0.2, 0.25) is 5.82 Å². The van der Waals surface area contributed by atoms with E-state index in [2.05, 4.69) is 5.32 Å². The molecule has 0 bridgehead atoms. The number of nitro groups is 1. The third kappa shape index (κ3) is 2.84. The molecule has 1 aromatic rings. The topological polar surface area (TPSA) is 75.4 Å². The first-order valence-corrected chi connectivity index (χ1v) is 6.36. The Labute approximate surface area is 110 Å². The van der Waals surface area contributed by atoms with Crippen molar-refractivity contribution in [1.82, 2.24) is 0 Å². The smallest absolute Gasteiger partial charge is 0.327 e. The summed E-state index contributed by atoms with van der Waals surface area (Å²) in [6.07, 6.45) is 3.75. The third-order valence-corrected chi connectivity index (χ3v) is 3.88. The number of nitrogens with one attached hydrogen (secondary N) is 1. The monoisotopic (exact) mass is 268 g/mol. The molecule has 1 saturated carbocycles. The van der Waals surface area contributed by atoms with Gasteiger partial charge in [0.05, 0.1) is 4.92 Å². The molecule has 0 aliphatic heterocycles. The molecule has 0 radical (unpaired) electrons. The van der Waals surface area contributed by atoms with E-state index >= 15 is 0 Å². The van der Waals surface area contributed by atoms with Crippen LogP contribution >= 0.6 is 0 Å². The Balaban J connectivity index is 2.11. The van der Waals surface area contributed by atoms with E-state index in [4.69, 9.17) is 5.11 Å². The normalized spacial score (nSPS) is 16.7. The van der Waals surface area contributed by atoms with Crippen molar-refractivity contribution in [2.75, 3.05) is 18.5 Å². The lowest BCUT2D eigenvalue weighted by Gasteiger charge is -2.42. The molecule has 0 atom stereocenters. The quantitative estimate of drug-likeness (QED) is 0.614. The van der Waals surface area contributed by atoms with E-state index in [1.54, 1.807) is 0 Å². The first-order valence-electron chi connectivity index (χ1n) is 6.36. The summed E-state index contributed by atoms with van der Waals surface area (Å²) in [6, 6.07) is 4.03. The van der Waals surface area contributed by atoms with Gasteiger partial charge in [-0.1, -0.05) is 12.5 Å². The zero-order chi connectivity index (χ0) is 13.9. The predicted molar refractivity (Wildman–Crippen MR) is 69.5 cm³/mol. The van der Waals surface area contributed by atoms with E-state index in [9.17, 15) is 14.5 Å². The molecule has 1 aliphatic rings. The number of halogens is 1. The summed E-state index contributed by atoms with van der Waals surface area (Å²) in [6.45, 7) is 0.630. The van der Waals surface area contributed by atoms with Crippen molar-refractivity contribution in [3.63, 3.8) is 0 Å². The van der Waals surface area contributed by atoms with E-state index in [-0.39, 0.29) is 17.7 Å². The van der Waals surface area contributed by atoms with E-state index in [0.29, 0.717) is 13.0 Å². The molecule has 6 heteroatoms. The summed E-state index contributed by atoms with van der Waals surface area (Å²) in [5.74, 6) is -0.834. The number of benzene rings is 1. The highest BCUT2D eigenvalue weighted by Crippen LogP contribution is 2.44. The molecule has 104 valence electrons. The summed E-state index contributed by atoms with van der Waals surface area (Å²) in [7, 11) is 0. The van der Waals surface area contributed by atoms with Crippen molar-refractivity contribution >= 4 is 11.4 Å². The van der Waals surface area contributed by atoms with Gasteiger partial charge in [0, 0.05) is 13.2 Å². The lowest BCUT2D eigenvalue weighted by atomic mass is 9.67. The molecular formula is C13H17FN2O3. The SMILES string of the molecule is O=[N+]([O-])c1c(F)cccc1NCC1(CCO)CCC1. The fourth-order valence-electron chi connectivity index (χ4n) is 2.56. The van der Waals surface area contributed by atoms with Crippen molar-refractivity contribution in [2.24, 2.45) is 5.41 Å². The summed E-state index contributed by atoms with van der Waals surface area (Å²) in [5.41, 5.74) is -0.315. The molecule has 2 N–H and O–H groups in total. The maximum atomic E-state index is 13.4. The van der Waals surface area contributed by atoms with E-state index < -0.39 is 16.4 Å². The molecule has 0 heterocycles. The average molecular weight is 268 g/mol. The van der Waals surface area contributed by atoms with Crippen LogP contribution in [0.5, 0.6) is 0 Å². The Kier molecular flexibility index (Phi) is 3.99. The van der Waals surface area contributed by atoms with Crippen molar-refractivity contribution in [3.05, 3.63) is 34.1 Å².